The summed E-state index contributed by atoms with van der Waals surface area (Å²) in [6.07, 6.45) is 3.25. The first-order valence-electron chi connectivity index (χ1n) is 7.03. The van der Waals surface area contributed by atoms with Crippen molar-refractivity contribution in [2.24, 2.45) is 0 Å². The van der Waals surface area contributed by atoms with E-state index in [0.29, 0.717) is 32.8 Å². The Hall–Kier alpha value is -2.77. The van der Waals surface area contributed by atoms with Crippen molar-refractivity contribution >= 4 is 45.0 Å². The molecule has 24 heavy (non-hydrogen) atoms. The van der Waals surface area contributed by atoms with Gasteiger partial charge in [0.05, 0.1) is 16.6 Å². The molecule has 2 N–H and O–H groups in total. The monoisotopic (exact) mass is 355 g/mol. The van der Waals surface area contributed by atoms with Gasteiger partial charge >= 0.3 is 0 Å². The molecule has 0 atom stereocenters. The van der Waals surface area contributed by atoms with E-state index in [1.165, 1.54) is 11.3 Å². The highest BCUT2D eigenvalue weighted by atomic mass is 35.5. The zero-order valence-electron chi connectivity index (χ0n) is 12.2. The first-order valence-corrected chi connectivity index (χ1v) is 8.28. The summed E-state index contributed by atoms with van der Waals surface area (Å²) in [7, 11) is 0. The fourth-order valence-electron chi connectivity index (χ4n) is 2.36. The quantitative estimate of drug-likeness (QED) is 0.544. The second kappa shape index (κ2) is 6.03. The molecule has 3 aromatic heterocycles. The molecule has 1 aromatic carbocycles. The largest absolute Gasteiger partial charge is 0.338 e. The van der Waals surface area contributed by atoms with Crippen molar-refractivity contribution in [3.8, 4) is 11.4 Å². The van der Waals surface area contributed by atoms with Crippen LogP contribution in [0.25, 0.3) is 22.4 Å². The Morgan fingerprint density at radius 3 is 2.88 bits per heavy atom. The van der Waals surface area contributed by atoms with Crippen molar-refractivity contribution < 1.29 is 4.79 Å². The number of imidazole rings is 1. The van der Waals surface area contributed by atoms with Gasteiger partial charge in [-0.25, -0.2) is 15.0 Å². The van der Waals surface area contributed by atoms with E-state index in [2.05, 4.69) is 25.3 Å². The highest BCUT2D eigenvalue weighted by Crippen LogP contribution is 2.27. The zero-order chi connectivity index (χ0) is 16.5. The van der Waals surface area contributed by atoms with Gasteiger partial charge in [-0.2, -0.15) is 0 Å². The number of amides is 1. The molecule has 0 saturated heterocycles. The number of rotatable bonds is 3. The van der Waals surface area contributed by atoms with Crippen LogP contribution in [0.2, 0.25) is 5.15 Å². The molecule has 4 aromatic rings. The number of H-pyrrole nitrogens is 1. The van der Waals surface area contributed by atoms with Crippen molar-refractivity contribution in [3.05, 3.63) is 58.8 Å². The molecular formula is C16H10ClN5OS. The van der Waals surface area contributed by atoms with Gasteiger partial charge in [0.25, 0.3) is 5.91 Å². The minimum absolute atomic E-state index is 0.258. The van der Waals surface area contributed by atoms with Crippen LogP contribution in [0.5, 0.6) is 0 Å². The molecule has 118 valence electrons. The molecule has 0 radical (unpaired) electrons. The van der Waals surface area contributed by atoms with Crippen LogP contribution in [-0.2, 0) is 0 Å². The molecule has 0 saturated carbocycles. The lowest BCUT2D eigenvalue weighted by Crippen LogP contribution is -2.12. The fraction of sp³-hybridized carbons (Fsp3) is 0. The molecule has 8 heteroatoms. The maximum atomic E-state index is 12.5. The number of nitrogens with one attached hydrogen (secondary N) is 2. The number of thiazole rings is 1. The molecular weight excluding hydrogens is 346 g/mol. The zero-order valence-corrected chi connectivity index (χ0v) is 13.7. The molecule has 0 aliphatic carbocycles. The van der Waals surface area contributed by atoms with E-state index in [9.17, 15) is 4.79 Å². The van der Waals surface area contributed by atoms with Gasteiger partial charge in [0.15, 0.2) is 5.13 Å². The highest BCUT2D eigenvalue weighted by Gasteiger charge is 2.16. The maximum absolute atomic E-state index is 12.5. The van der Waals surface area contributed by atoms with Crippen molar-refractivity contribution in [1.82, 2.24) is 19.9 Å². The third kappa shape index (κ3) is 2.64. The lowest BCUT2D eigenvalue weighted by atomic mass is 10.2. The average molecular weight is 356 g/mol. The average Bonchev–Trinajstić information content (AvgIpc) is 3.23. The molecule has 0 aliphatic heterocycles. The van der Waals surface area contributed by atoms with E-state index < -0.39 is 0 Å². The van der Waals surface area contributed by atoms with Crippen molar-refractivity contribution in [2.45, 2.75) is 0 Å². The SMILES string of the molecule is O=C(Nc1nccs1)c1cccc2[nH]c(-c3cccnc3Cl)nc12. The number of carbonyl (C=O) groups excluding carboxylic acids is 1. The Balaban J connectivity index is 1.78. The summed E-state index contributed by atoms with van der Waals surface area (Å²) in [4.78, 5) is 28.3. The van der Waals surface area contributed by atoms with Gasteiger partial charge in [-0.3, -0.25) is 10.1 Å². The number of para-hydroxylation sites is 1. The lowest BCUT2D eigenvalue weighted by Gasteiger charge is -2.02. The summed E-state index contributed by atoms with van der Waals surface area (Å²) < 4.78 is 0. The second-order valence-corrected chi connectivity index (χ2v) is 6.17. The van der Waals surface area contributed by atoms with Gasteiger partial charge in [0.2, 0.25) is 0 Å². The molecule has 4 rings (SSSR count). The third-order valence-corrected chi connectivity index (χ3v) is 4.41. The summed E-state index contributed by atoms with van der Waals surface area (Å²) in [6, 6.07) is 8.98. The Morgan fingerprint density at radius 1 is 1.17 bits per heavy atom. The molecule has 1 amide bonds. The molecule has 0 unspecified atom stereocenters. The summed E-state index contributed by atoms with van der Waals surface area (Å²) in [5.41, 5.74) is 2.46. The number of aromatic amines is 1. The topological polar surface area (TPSA) is 83.6 Å². The number of anilines is 1. The van der Waals surface area contributed by atoms with E-state index in [1.54, 1.807) is 36.0 Å². The Morgan fingerprint density at radius 2 is 2.08 bits per heavy atom. The van der Waals surface area contributed by atoms with Crippen LogP contribution >= 0.6 is 22.9 Å². The molecule has 0 fully saturated rings. The van der Waals surface area contributed by atoms with E-state index in [-0.39, 0.29) is 5.91 Å². The van der Waals surface area contributed by atoms with Gasteiger partial charge in [0, 0.05) is 17.8 Å². The lowest BCUT2D eigenvalue weighted by molar-refractivity contribution is 0.102. The Kier molecular flexibility index (Phi) is 3.72. The standard InChI is InChI=1S/C16H10ClN5OS/c17-13-10(4-2-6-18-13)14-20-11-5-1-3-9(12(11)21-14)15(23)22-16-19-7-8-24-16/h1-8H,(H,20,21)(H,19,22,23). The van der Waals surface area contributed by atoms with Crippen molar-refractivity contribution in [2.75, 3.05) is 5.32 Å². The number of pyridine rings is 1. The number of hydrogen-bond donors (Lipinski definition) is 2. The molecule has 0 spiro atoms. The van der Waals surface area contributed by atoms with Crippen LogP contribution in [-0.4, -0.2) is 25.8 Å². The van der Waals surface area contributed by atoms with Crippen LogP contribution in [0.15, 0.2) is 48.1 Å². The van der Waals surface area contributed by atoms with E-state index >= 15 is 0 Å². The molecule has 0 bridgehead atoms. The smallest absolute Gasteiger partial charge is 0.259 e. The second-order valence-electron chi connectivity index (χ2n) is 4.92. The van der Waals surface area contributed by atoms with E-state index in [1.807, 2.05) is 12.1 Å². The molecule has 3 heterocycles. The van der Waals surface area contributed by atoms with Crippen LogP contribution in [0.3, 0.4) is 0 Å². The first-order chi connectivity index (χ1) is 11.7. The van der Waals surface area contributed by atoms with Gasteiger partial charge in [-0.15, -0.1) is 11.3 Å². The van der Waals surface area contributed by atoms with Crippen molar-refractivity contribution in [3.63, 3.8) is 0 Å². The predicted molar refractivity (Wildman–Crippen MR) is 94.4 cm³/mol. The summed E-state index contributed by atoms with van der Waals surface area (Å²) in [5, 5.41) is 5.46. The first kappa shape index (κ1) is 14.8. The highest BCUT2D eigenvalue weighted by molar-refractivity contribution is 7.13. The van der Waals surface area contributed by atoms with Crippen LogP contribution in [0.1, 0.15) is 10.4 Å². The summed E-state index contributed by atoms with van der Waals surface area (Å²) in [6.45, 7) is 0. The predicted octanol–water partition coefficient (Wildman–Crippen LogP) is 3.99. The normalized spacial score (nSPS) is 10.9. The van der Waals surface area contributed by atoms with E-state index in [0.717, 1.165) is 5.52 Å². The number of fused-ring (bicyclic) bond motifs is 1. The van der Waals surface area contributed by atoms with Crippen molar-refractivity contribution in [1.29, 1.82) is 0 Å². The Labute approximate surface area is 145 Å². The minimum atomic E-state index is -0.258. The van der Waals surface area contributed by atoms with Gasteiger partial charge < -0.3 is 4.98 Å². The number of carbonyl (C=O) groups is 1. The number of aromatic nitrogens is 4. The number of halogens is 1. The van der Waals surface area contributed by atoms with Gasteiger partial charge in [0.1, 0.15) is 16.5 Å². The fourth-order valence-corrected chi connectivity index (χ4v) is 3.09. The van der Waals surface area contributed by atoms with Gasteiger partial charge in [-0.1, -0.05) is 17.7 Å². The van der Waals surface area contributed by atoms with Gasteiger partial charge in [-0.05, 0) is 24.3 Å². The Bertz CT molecular complexity index is 1030. The van der Waals surface area contributed by atoms with E-state index in [4.69, 9.17) is 11.6 Å². The summed E-state index contributed by atoms with van der Waals surface area (Å²) in [5.74, 6) is 0.309. The molecule has 0 aliphatic rings. The van der Waals surface area contributed by atoms with Crippen LogP contribution < -0.4 is 5.32 Å². The number of benzene rings is 1. The molecule has 6 nitrogen and oxygen atoms in total. The summed E-state index contributed by atoms with van der Waals surface area (Å²) >= 11 is 7.48. The number of nitrogens with zero attached hydrogens (tertiary/aromatic N) is 3. The van der Waals surface area contributed by atoms with Crippen LogP contribution in [0, 0.1) is 0 Å². The minimum Gasteiger partial charge on any atom is -0.338 e. The van der Waals surface area contributed by atoms with Crippen LogP contribution in [0.4, 0.5) is 5.13 Å². The number of hydrogen-bond acceptors (Lipinski definition) is 5. The maximum Gasteiger partial charge on any atom is 0.259 e. The third-order valence-electron chi connectivity index (χ3n) is 3.42.